The van der Waals surface area contributed by atoms with E-state index in [0.29, 0.717) is 5.95 Å². The number of anilines is 1. The first-order valence-corrected chi connectivity index (χ1v) is 5.79. The van der Waals surface area contributed by atoms with Gasteiger partial charge in [-0.25, -0.2) is 4.98 Å². The Bertz CT molecular complexity index is 513. The van der Waals surface area contributed by atoms with Crippen molar-refractivity contribution in [3.8, 4) is 0 Å². The fourth-order valence-electron chi connectivity index (χ4n) is 2.09. The lowest BCUT2D eigenvalue weighted by atomic mass is 10.3. The molecule has 0 bridgehead atoms. The maximum atomic E-state index is 5.93. The van der Waals surface area contributed by atoms with Crippen LogP contribution < -0.4 is 5.73 Å². The van der Waals surface area contributed by atoms with Crippen LogP contribution in [0.15, 0.2) is 0 Å². The quantitative estimate of drug-likeness (QED) is 0.790. The molecule has 2 aromatic heterocycles. The Morgan fingerprint density at radius 2 is 2.12 bits per heavy atom. The molecular weight excluding hydrogens is 218 g/mol. The summed E-state index contributed by atoms with van der Waals surface area (Å²) in [4.78, 5) is 4.36. The number of nitrogens with two attached hydrogens (primary N) is 1. The summed E-state index contributed by atoms with van der Waals surface area (Å²) in [6.07, 6.45) is 2.04. The van der Waals surface area contributed by atoms with Gasteiger partial charge in [-0.1, -0.05) is 0 Å². The van der Waals surface area contributed by atoms with Gasteiger partial charge in [-0.2, -0.15) is 5.10 Å². The van der Waals surface area contributed by atoms with Gasteiger partial charge in [0.1, 0.15) is 5.52 Å². The Balaban J connectivity index is 2.23. The van der Waals surface area contributed by atoms with Crippen molar-refractivity contribution in [2.75, 3.05) is 19.5 Å². The van der Waals surface area contributed by atoms with Crippen LogP contribution in [0.3, 0.4) is 0 Å². The predicted octanol–water partition coefficient (Wildman–Crippen LogP) is 1.09. The largest absolute Gasteiger partial charge is 0.385 e. The number of fused-ring (bicyclic) bond motifs is 1. The third-order valence-corrected chi connectivity index (χ3v) is 2.90. The summed E-state index contributed by atoms with van der Waals surface area (Å²) in [6, 6.07) is 0. The molecule has 0 radical (unpaired) electrons. The summed E-state index contributed by atoms with van der Waals surface area (Å²) >= 11 is 0. The minimum atomic E-state index is 0.563. The van der Waals surface area contributed by atoms with E-state index in [4.69, 9.17) is 10.5 Å². The van der Waals surface area contributed by atoms with Gasteiger partial charge in [0.05, 0.1) is 5.69 Å². The fraction of sp³-hybridized carbons (Fsp3) is 0.636. The lowest BCUT2D eigenvalue weighted by Crippen LogP contribution is -2.07. The topological polar surface area (TPSA) is 70.9 Å². The van der Waals surface area contributed by atoms with Gasteiger partial charge in [-0.05, 0) is 19.8 Å². The van der Waals surface area contributed by atoms with E-state index in [2.05, 4.69) is 10.1 Å². The molecule has 6 heteroatoms. The highest BCUT2D eigenvalue weighted by Crippen LogP contribution is 2.20. The van der Waals surface area contributed by atoms with Gasteiger partial charge in [-0.15, -0.1) is 0 Å². The van der Waals surface area contributed by atoms with Crippen LogP contribution in [0.5, 0.6) is 0 Å². The standard InChI is InChI=1S/C11H19N5O/c1-8-9-10(15(2)14-8)16(11(12)13-9)6-4-5-7-17-3/h4-7H2,1-3H3,(H2,12,13). The lowest BCUT2D eigenvalue weighted by molar-refractivity contribution is 0.191. The van der Waals surface area contributed by atoms with Gasteiger partial charge in [0.15, 0.2) is 5.65 Å². The van der Waals surface area contributed by atoms with E-state index < -0.39 is 0 Å². The van der Waals surface area contributed by atoms with Crippen molar-refractivity contribution in [3.05, 3.63) is 5.69 Å². The molecular formula is C11H19N5O. The SMILES string of the molecule is COCCCCn1c(N)nc2c(C)nn(C)c21. The van der Waals surface area contributed by atoms with Crippen LogP contribution in [0, 0.1) is 6.92 Å². The van der Waals surface area contributed by atoms with E-state index in [1.54, 1.807) is 7.11 Å². The molecule has 0 atom stereocenters. The molecule has 0 aliphatic rings. The van der Waals surface area contributed by atoms with Crippen LogP contribution in [0.4, 0.5) is 5.95 Å². The summed E-state index contributed by atoms with van der Waals surface area (Å²) in [5.41, 5.74) is 8.75. The van der Waals surface area contributed by atoms with Gasteiger partial charge < -0.3 is 10.5 Å². The fourth-order valence-corrected chi connectivity index (χ4v) is 2.09. The summed E-state index contributed by atoms with van der Waals surface area (Å²) in [5.74, 6) is 0.563. The van der Waals surface area contributed by atoms with Crippen LogP contribution in [-0.2, 0) is 18.3 Å². The van der Waals surface area contributed by atoms with E-state index in [1.807, 2.05) is 23.2 Å². The second-order valence-corrected chi connectivity index (χ2v) is 4.20. The molecule has 0 aromatic carbocycles. The molecule has 0 saturated heterocycles. The smallest absolute Gasteiger partial charge is 0.202 e. The number of unbranched alkanes of at least 4 members (excludes halogenated alkanes) is 1. The van der Waals surface area contributed by atoms with Crippen molar-refractivity contribution in [2.24, 2.45) is 7.05 Å². The van der Waals surface area contributed by atoms with Crippen LogP contribution in [0.2, 0.25) is 0 Å². The molecule has 6 nitrogen and oxygen atoms in total. The van der Waals surface area contributed by atoms with Crippen LogP contribution >= 0.6 is 0 Å². The van der Waals surface area contributed by atoms with Crippen molar-refractivity contribution < 1.29 is 4.74 Å². The summed E-state index contributed by atoms with van der Waals surface area (Å²) < 4.78 is 8.89. The highest BCUT2D eigenvalue weighted by atomic mass is 16.5. The normalized spacial score (nSPS) is 11.5. The predicted molar refractivity (Wildman–Crippen MR) is 66.8 cm³/mol. The Labute approximate surface area is 100 Å². The van der Waals surface area contributed by atoms with Gasteiger partial charge in [0.25, 0.3) is 0 Å². The number of rotatable bonds is 5. The van der Waals surface area contributed by atoms with Crippen molar-refractivity contribution >= 4 is 17.1 Å². The van der Waals surface area contributed by atoms with Gasteiger partial charge >= 0.3 is 0 Å². The maximum Gasteiger partial charge on any atom is 0.202 e. The zero-order valence-corrected chi connectivity index (χ0v) is 10.6. The maximum absolute atomic E-state index is 5.93. The van der Waals surface area contributed by atoms with E-state index in [1.165, 1.54) is 0 Å². The number of hydrogen-bond acceptors (Lipinski definition) is 4. The number of aromatic nitrogens is 4. The number of nitrogen functional groups attached to an aromatic ring is 1. The van der Waals surface area contributed by atoms with Gasteiger partial charge in [0.2, 0.25) is 5.95 Å². The van der Waals surface area contributed by atoms with E-state index in [9.17, 15) is 0 Å². The molecule has 2 N–H and O–H groups in total. The highest BCUT2D eigenvalue weighted by molar-refractivity contribution is 5.77. The van der Waals surface area contributed by atoms with Crippen molar-refractivity contribution in [1.82, 2.24) is 19.3 Å². The Hall–Kier alpha value is -1.56. The molecule has 0 amide bonds. The van der Waals surface area contributed by atoms with Gasteiger partial charge in [0, 0.05) is 27.3 Å². The highest BCUT2D eigenvalue weighted by Gasteiger charge is 2.14. The molecule has 94 valence electrons. The van der Waals surface area contributed by atoms with Crippen molar-refractivity contribution in [2.45, 2.75) is 26.3 Å². The molecule has 0 unspecified atom stereocenters. The third-order valence-electron chi connectivity index (χ3n) is 2.90. The number of hydrogen-bond donors (Lipinski definition) is 1. The number of imidazole rings is 1. The first-order chi connectivity index (χ1) is 8.15. The number of methoxy groups -OCH3 is 1. The van der Waals surface area contributed by atoms with Gasteiger partial charge in [-0.3, -0.25) is 9.25 Å². The molecule has 0 spiro atoms. The molecule has 2 heterocycles. The first-order valence-electron chi connectivity index (χ1n) is 5.79. The van der Waals surface area contributed by atoms with E-state index in [0.717, 1.165) is 42.9 Å². The van der Waals surface area contributed by atoms with E-state index >= 15 is 0 Å². The lowest BCUT2D eigenvalue weighted by Gasteiger charge is -2.06. The first kappa shape index (κ1) is 11.9. The van der Waals surface area contributed by atoms with Crippen LogP contribution in [0.1, 0.15) is 18.5 Å². The van der Waals surface area contributed by atoms with Crippen LogP contribution in [-0.4, -0.2) is 33.0 Å². The molecule has 0 saturated carbocycles. The Kier molecular flexibility index (Phi) is 3.33. The average molecular weight is 237 g/mol. The summed E-state index contributed by atoms with van der Waals surface area (Å²) in [6.45, 7) is 3.58. The van der Waals surface area contributed by atoms with Crippen molar-refractivity contribution in [3.63, 3.8) is 0 Å². The average Bonchev–Trinajstić information content (AvgIpc) is 2.74. The second kappa shape index (κ2) is 4.75. The summed E-state index contributed by atoms with van der Waals surface area (Å²) in [7, 11) is 3.64. The Morgan fingerprint density at radius 3 is 2.82 bits per heavy atom. The van der Waals surface area contributed by atoms with Crippen LogP contribution in [0.25, 0.3) is 11.2 Å². The van der Waals surface area contributed by atoms with E-state index in [-0.39, 0.29) is 0 Å². The molecule has 17 heavy (non-hydrogen) atoms. The molecule has 0 fully saturated rings. The van der Waals surface area contributed by atoms with Crippen molar-refractivity contribution in [1.29, 1.82) is 0 Å². The number of aryl methyl sites for hydroxylation is 3. The molecule has 2 rings (SSSR count). The minimum absolute atomic E-state index is 0.563. The minimum Gasteiger partial charge on any atom is -0.385 e. The molecule has 2 aromatic rings. The molecule has 0 aliphatic carbocycles. The zero-order chi connectivity index (χ0) is 12.4. The number of ether oxygens (including phenoxy) is 1. The number of nitrogens with zero attached hydrogens (tertiary/aromatic N) is 4. The summed E-state index contributed by atoms with van der Waals surface area (Å²) in [5, 5.41) is 4.35. The zero-order valence-electron chi connectivity index (χ0n) is 10.6. The second-order valence-electron chi connectivity index (χ2n) is 4.20. The monoisotopic (exact) mass is 237 g/mol. The third kappa shape index (κ3) is 2.12. The Morgan fingerprint density at radius 1 is 1.35 bits per heavy atom. The molecule has 0 aliphatic heterocycles.